The third-order valence-electron chi connectivity index (χ3n) is 9.26. The van der Waals surface area contributed by atoms with Crippen LogP contribution < -0.4 is 19.9 Å². The molecule has 4 aliphatic rings. The molecule has 208 valence electrons. The van der Waals surface area contributed by atoms with Crippen molar-refractivity contribution in [2.45, 2.75) is 63.1 Å². The zero-order valence-electron chi connectivity index (χ0n) is 23.5. The Morgan fingerprint density at radius 3 is 2.73 bits per heavy atom. The average molecular weight is 538 g/mol. The van der Waals surface area contributed by atoms with Crippen LogP contribution in [0.3, 0.4) is 0 Å². The molecule has 7 rings (SSSR count). The van der Waals surface area contributed by atoms with Gasteiger partial charge in [-0.25, -0.2) is 0 Å². The molecule has 3 aliphatic heterocycles. The summed E-state index contributed by atoms with van der Waals surface area (Å²) in [5, 5.41) is 15.5. The van der Waals surface area contributed by atoms with E-state index < -0.39 is 0 Å². The number of hydrogen-bond donors (Lipinski definition) is 1. The molecular formula is C32H39N7O. The highest BCUT2D eigenvalue weighted by molar-refractivity contribution is 5.97. The topological polar surface area (TPSA) is 80.5 Å². The smallest absolute Gasteiger partial charge is 0.318 e. The highest BCUT2D eigenvalue weighted by Crippen LogP contribution is 2.46. The maximum absolute atomic E-state index is 9.31. The SMILES string of the molecule is CN1CCCC1COc1nc2c(c(N3CCNC(CC#N)C3)n1)CCN(c1cccc3cccc(C4CC4)c13)C2. The quantitative estimate of drug-likeness (QED) is 0.480. The van der Waals surface area contributed by atoms with Gasteiger partial charge in [-0.3, -0.25) is 0 Å². The van der Waals surface area contributed by atoms with Gasteiger partial charge in [0, 0.05) is 54.9 Å². The summed E-state index contributed by atoms with van der Waals surface area (Å²) in [6.07, 6.45) is 6.35. The molecule has 1 aliphatic carbocycles. The zero-order chi connectivity index (χ0) is 27.1. The largest absolute Gasteiger partial charge is 0.462 e. The van der Waals surface area contributed by atoms with Crippen LogP contribution in [0.5, 0.6) is 6.01 Å². The van der Waals surface area contributed by atoms with E-state index in [0.29, 0.717) is 31.0 Å². The van der Waals surface area contributed by atoms with Gasteiger partial charge in [-0.2, -0.15) is 15.2 Å². The van der Waals surface area contributed by atoms with Crippen LogP contribution in [0.15, 0.2) is 36.4 Å². The number of benzene rings is 2. The van der Waals surface area contributed by atoms with Crippen molar-refractivity contribution in [2.24, 2.45) is 0 Å². The van der Waals surface area contributed by atoms with E-state index in [1.54, 1.807) is 0 Å². The molecule has 40 heavy (non-hydrogen) atoms. The lowest BCUT2D eigenvalue weighted by atomic mass is 9.97. The average Bonchev–Trinajstić information content (AvgIpc) is 3.75. The summed E-state index contributed by atoms with van der Waals surface area (Å²) in [6, 6.07) is 16.9. The summed E-state index contributed by atoms with van der Waals surface area (Å²) in [5.74, 6) is 1.69. The molecule has 0 spiro atoms. The number of aromatic nitrogens is 2. The number of nitrogens with one attached hydrogen (secondary N) is 1. The Balaban J connectivity index is 1.23. The number of likely N-dealkylation sites (tertiary alicyclic amines) is 1. The maximum atomic E-state index is 9.31. The fourth-order valence-corrected chi connectivity index (χ4v) is 6.89. The predicted octanol–water partition coefficient (Wildman–Crippen LogP) is 4.23. The normalized spacial score (nSPS) is 23.3. The van der Waals surface area contributed by atoms with E-state index in [-0.39, 0.29) is 6.04 Å². The van der Waals surface area contributed by atoms with E-state index in [0.717, 1.165) is 63.6 Å². The molecule has 1 saturated carbocycles. The number of fused-ring (bicyclic) bond motifs is 2. The van der Waals surface area contributed by atoms with E-state index in [2.05, 4.69) is 69.5 Å². The number of likely N-dealkylation sites (N-methyl/N-ethyl adjacent to an activating group) is 1. The van der Waals surface area contributed by atoms with Gasteiger partial charge >= 0.3 is 6.01 Å². The number of piperazine rings is 1. The van der Waals surface area contributed by atoms with Crippen LogP contribution in [-0.2, 0) is 13.0 Å². The van der Waals surface area contributed by atoms with E-state index >= 15 is 0 Å². The Morgan fingerprint density at radius 1 is 1.05 bits per heavy atom. The van der Waals surface area contributed by atoms with Gasteiger partial charge in [-0.05, 0) is 68.6 Å². The van der Waals surface area contributed by atoms with Gasteiger partial charge in [-0.15, -0.1) is 0 Å². The third-order valence-corrected chi connectivity index (χ3v) is 9.26. The molecule has 8 heteroatoms. The number of nitrogens with zero attached hydrogens (tertiary/aromatic N) is 6. The second kappa shape index (κ2) is 10.9. The molecule has 0 radical (unpaired) electrons. The number of nitriles is 1. The third kappa shape index (κ3) is 4.97. The molecule has 1 aromatic heterocycles. The number of rotatable bonds is 7. The van der Waals surface area contributed by atoms with Gasteiger partial charge in [0.1, 0.15) is 12.4 Å². The summed E-state index contributed by atoms with van der Waals surface area (Å²) in [6.45, 7) is 5.91. The van der Waals surface area contributed by atoms with Crippen molar-refractivity contribution in [3.8, 4) is 12.1 Å². The lowest BCUT2D eigenvalue weighted by Gasteiger charge is -2.37. The summed E-state index contributed by atoms with van der Waals surface area (Å²) in [4.78, 5) is 17.3. The van der Waals surface area contributed by atoms with E-state index in [9.17, 15) is 5.26 Å². The van der Waals surface area contributed by atoms with E-state index in [1.165, 1.54) is 46.8 Å². The highest BCUT2D eigenvalue weighted by Gasteiger charge is 2.31. The summed E-state index contributed by atoms with van der Waals surface area (Å²) in [5.41, 5.74) is 5.12. The Morgan fingerprint density at radius 2 is 1.93 bits per heavy atom. The Bertz CT molecular complexity index is 1430. The van der Waals surface area contributed by atoms with Crippen LogP contribution in [0.25, 0.3) is 10.8 Å². The Kier molecular flexibility index (Phi) is 6.94. The van der Waals surface area contributed by atoms with Gasteiger partial charge in [0.2, 0.25) is 0 Å². The molecule has 2 unspecified atom stereocenters. The van der Waals surface area contributed by atoms with Gasteiger partial charge in [0.25, 0.3) is 0 Å². The maximum Gasteiger partial charge on any atom is 0.318 e. The fraction of sp³-hybridized carbons (Fsp3) is 0.531. The molecule has 1 N–H and O–H groups in total. The lowest BCUT2D eigenvalue weighted by molar-refractivity contribution is 0.187. The molecule has 2 saturated heterocycles. The minimum atomic E-state index is 0.150. The van der Waals surface area contributed by atoms with Gasteiger partial charge in [0.15, 0.2) is 0 Å². The van der Waals surface area contributed by atoms with Crippen LogP contribution in [0.2, 0.25) is 0 Å². The molecule has 8 nitrogen and oxygen atoms in total. The fourth-order valence-electron chi connectivity index (χ4n) is 6.89. The van der Waals surface area contributed by atoms with E-state index in [4.69, 9.17) is 14.7 Å². The predicted molar refractivity (Wildman–Crippen MR) is 158 cm³/mol. The number of ether oxygens (including phenoxy) is 1. The van der Waals surface area contributed by atoms with Crippen molar-refractivity contribution >= 4 is 22.3 Å². The van der Waals surface area contributed by atoms with E-state index in [1.807, 2.05) is 0 Å². The second-order valence-corrected chi connectivity index (χ2v) is 12.0. The summed E-state index contributed by atoms with van der Waals surface area (Å²) >= 11 is 0. The molecule has 0 bridgehead atoms. The molecule has 3 fully saturated rings. The minimum Gasteiger partial charge on any atom is -0.462 e. The Hall–Kier alpha value is -3.41. The van der Waals surface area contributed by atoms with Gasteiger partial charge in [-0.1, -0.05) is 30.3 Å². The Labute approximate surface area is 236 Å². The van der Waals surface area contributed by atoms with Crippen molar-refractivity contribution in [3.63, 3.8) is 0 Å². The van der Waals surface area contributed by atoms with Crippen LogP contribution in [0, 0.1) is 11.3 Å². The molecular weight excluding hydrogens is 498 g/mol. The van der Waals surface area contributed by atoms with Crippen LogP contribution in [-0.4, -0.2) is 73.3 Å². The molecule has 2 aromatic carbocycles. The zero-order valence-corrected chi connectivity index (χ0v) is 23.5. The molecule has 2 atom stereocenters. The standard InChI is InChI=1S/C32H39N7O/c1-37-16-4-7-25(37)21-40-32-35-28-20-38(29-9-3-6-23-5-2-8-26(30(23)29)22-10-11-22)17-13-27(28)31(36-32)39-18-15-34-24(19-39)12-14-33/h2-3,5-6,8-9,22,24-25,34H,4,7,10-13,15-21H2,1H3. The van der Waals surface area contributed by atoms with Crippen molar-refractivity contribution < 1.29 is 4.74 Å². The first kappa shape index (κ1) is 25.6. The molecule has 4 heterocycles. The van der Waals surface area contributed by atoms with Crippen molar-refractivity contribution in [3.05, 3.63) is 53.2 Å². The minimum absolute atomic E-state index is 0.150. The first-order valence-corrected chi connectivity index (χ1v) is 15.0. The van der Waals surface area contributed by atoms with Crippen LogP contribution in [0.1, 0.15) is 54.8 Å². The van der Waals surface area contributed by atoms with Crippen molar-refractivity contribution in [1.29, 1.82) is 5.26 Å². The van der Waals surface area contributed by atoms with Crippen LogP contribution in [0.4, 0.5) is 11.5 Å². The van der Waals surface area contributed by atoms with Gasteiger partial charge < -0.3 is 24.8 Å². The highest BCUT2D eigenvalue weighted by atomic mass is 16.5. The molecule has 3 aromatic rings. The lowest BCUT2D eigenvalue weighted by Crippen LogP contribution is -2.51. The monoisotopic (exact) mass is 537 g/mol. The first-order chi connectivity index (χ1) is 19.7. The first-order valence-electron chi connectivity index (χ1n) is 15.0. The second-order valence-electron chi connectivity index (χ2n) is 12.0. The molecule has 0 amide bonds. The van der Waals surface area contributed by atoms with Crippen LogP contribution >= 0.6 is 0 Å². The van der Waals surface area contributed by atoms with Crippen molar-refractivity contribution in [1.82, 2.24) is 20.2 Å². The summed E-state index contributed by atoms with van der Waals surface area (Å²) in [7, 11) is 2.17. The number of anilines is 2. The van der Waals surface area contributed by atoms with Crippen molar-refractivity contribution in [2.75, 3.05) is 56.2 Å². The summed E-state index contributed by atoms with van der Waals surface area (Å²) < 4.78 is 6.33. The van der Waals surface area contributed by atoms with Gasteiger partial charge in [0.05, 0.1) is 24.7 Å². The number of hydrogen-bond acceptors (Lipinski definition) is 8.